The summed E-state index contributed by atoms with van der Waals surface area (Å²) in [6, 6.07) is 8.53. The van der Waals surface area contributed by atoms with Crippen LogP contribution in [0.3, 0.4) is 0 Å². The summed E-state index contributed by atoms with van der Waals surface area (Å²) < 4.78 is 3.99. The van der Waals surface area contributed by atoms with Gasteiger partial charge in [0.15, 0.2) is 0 Å². The van der Waals surface area contributed by atoms with E-state index in [1.165, 1.54) is 11.9 Å². The number of benzene rings is 1. The van der Waals surface area contributed by atoms with Gasteiger partial charge in [-0.15, -0.1) is 0 Å². The van der Waals surface area contributed by atoms with Crippen LogP contribution in [0.5, 0.6) is 0 Å². The number of aromatic nitrogens is 1. The second kappa shape index (κ2) is 5.70. The van der Waals surface area contributed by atoms with Gasteiger partial charge in [-0.3, -0.25) is 4.90 Å². The van der Waals surface area contributed by atoms with E-state index in [4.69, 9.17) is 5.11 Å². The van der Waals surface area contributed by atoms with Crippen LogP contribution in [-0.2, 0) is 0 Å². The molecule has 2 amide bonds. The molecule has 0 unspecified atom stereocenters. The zero-order chi connectivity index (χ0) is 14.7. The molecule has 7 heteroatoms. The number of anilines is 2. The summed E-state index contributed by atoms with van der Waals surface area (Å²) >= 11 is 0.986. The molecule has 0 spiro atoms. The Bertz CT molecular complexity index is 640. The number of hydrogen-bond acceptors (Lipinski definition) is 4. The third-order valence-electron chi connectivity index (χ3n) is 2.69. The second-order valence-electron chi connectivity index (χ2n) is 4.11. The van der Waals surface area contributed by atoms with Crippen LogP contribution in [0.1, 0.15) is 16.1 Å². The number of carbonyl (C=O) groups excluding carboxylic acids is 1. The van der Waals surface area contributed by atoms with Gasteiger partial charge in [-0.2, -0.15) is 4.37 Å². The number of nitrogens with zero attached hydrogens (tertiary/aromatic N) is 2. The maximum absolute atomic E-state index is 12.1. The molecule has 0 aliphatic heterocycles. The number of hydrogen-bond donors (Lipinski definition) is 2. The van der Waals surface area contributed by atoms with E-state index in [-0.39, 0.29) is 5.56 Å². The van der Waals surface area contributed by atoms with Crippen molar-refractivity contribution in [1.82, 2.24) is 4.37 Å². The lowest BCUT2D eigenvalue weighted by molar-refractivity contribution is 0.0697. The highest BCUT2D eigenvalue weighted by atomic mass is 32.1. The summed E-state index contributed by atoms with van der Waals surface area (Å²) in [6.45, 7) is 1.60. The topological polar surface area (TPSA) is 82.5 Å². The summed E-state index contributed by atoms with van der Waals surface area (Å²) in [4.78, 5) is 24.5. The molecule has 1 heterocycles. The van der Waals surface area contributed by atoms with E-state index < -0.39 is 12.0 Å². The van der Waals surface area contributed by atoms with Gasteiger partial charge in [0.05, 0.1) is 5.69 Å². The van der Waals surface area contributed by atoms with E-state index in [1.54, 1.807) is 31.2 Å². The van der Waals surface area contributed by atoms with E-state index in [0.29, 0.717) is 16.4 Å². The maximum Gasteiger partial charge on any atom is 0.340 e. The lowest BCUT2D eigenvalue weighted by Crippen LogP contribution is -2.31. The Balaban J connectivity index is 2.21. The van der Waals surface area contributed by atoms with Gasteiger partial charge in [0.1, 0.15) is 10.6 Å². The number of nitrogens with one attached hydrogen (secondary N) is 1. The largest absolute Gasteiger partial charge is 0.478 e. The number of aryl methyl sites for hydroxylation is 1. The first-order valence-electron chi connectivity index (χ1n) is 5.80. The average molecular weight is 291 g/mol. The standard InChI is InChI=1S/C13H13N3O3S/c1-8-10(12(17)18)11(20-15-8)16(2)13(19)14-9-6-4-3-5-7-9/h3-7H,1-2H3,(H,14,19)(H,17,18). The molecule has 2 rings (SSSR count). The lowest BCUT2D eigenvalue weighted by atomic mass is 10.2. The fraction of sp³-hybridized carbons (Fsp3) is 0.154. The summed E-state index contributed by atoms with van der Waals surface area (Å²) in [6.07, 6.45) is 0. The number of aromatic carboxylic acids is 1. The smallest absolute Gasteiger partial charge is 0.340 e. The summed E-state index contributed by atoms with van der Waals surface area (Å²) in [5.74, 6) is -1.09. The van der Waals surface area contributed by atoms with Gasteiger partial charge in [0, 0.05) is 12.7 Å². The molecule has 2 N–H and O–H groups in total. The Morgan fingerprint density at radius 3 is 2.55 bits per heavy atom. The van der Waals surface area contributed by atoms with Gasteiger partial charge in [-0.05, 0) is 30.6 Å². The van der Waals surface area contributed by atoms with Crippen LogP contribution in [0.15, 0.2) is 30.3 Å². The fourth-order valence-electron chi connectivity index (χ4n) is 1.65. The predicted octanol–water partition coefficient (Wildman–Crippen LogP) is 2.82. The van der Waals surface area contributed by atoms with Crippen LogP contribution in [0, 0.1) is 6.92 Å². The molecule has 6 nitrogen and oxygen atoms in total. The van der Waals surface area contributed by atoms with Crippen LogP contribution in [0.2, 0.25) is 0 Å². The van der Waals surface area contributed by atoms with Crippen molar-refractivity contribution in [2.24, 2.45) is 0 Å². The number of carboxylic acid groups (broad SMARTS) is 1. The normalized spacial score (nSPS) is 10.1. The third kappa shape index (κ3) is 2.77. The SMILES string of the molecule is Cc1nsc(N(C)C(=O)Nc2ccccc2)c1C(=O)O. The first-order valence-corrected chi connectivity index (χ1v) is 6.57. The van der Waals surface area contributed by atoms with E-state index in [0.717, 1.165) is 11.5 Å². The maximum atomic E-state index is 12.1. The molecule has 0 radical (unpaired) electrons. The van der Waals surface area contributed by atoms with Gasteiger partial charge in [-0.25, -0.2) is 9.59 Å². The van der Waals surface area contributed by atoms with E-state index in [9.17, 15) is 9.59 Å². The molecule has 0 bridgehead atoms. The van der Waals surface area contributed by atoms with Crippen molar-refractivity contribution in [2.45, 2.75) is 6.92 Å². The van der Waals surface area contributed by atoms with E-state index in [1.807, 2.05) is 6.07 Å². The van der Waals surface area contributed by atoms with Crippen LogP contribution in [-0.4, -0.2) is 28.5 Å². The quantitative estimate of drug-likeness (QED) is 0.911. The number of urea groups is 1. The molecule has 0 saturated heterocycles. The number of para-hydroxylation sites is 1. The minimum atomic E-state index is -1.09. The highest BCUT2D eigenvalue weighted by Gasteiger charge is 2.23. The third-order valence-corrected chi connectivity index (χ3v) is 3.71. The van der Waals surface area contributed by atoms with Crippen molar-refractivity contribution >= 4 is 34.2 Å². The molecule has 20 heavy (non-hydrogen) atoms. The molecule has 0 aliphatic carbocycles. The predicted molar refractivity (Wildman–Crippen MR) is 77.7 cm³/mol. The van der Waals surface area contributed by atoms with Crippen LogP contribution >= 0.6 is 11.5 Å². The second-order valence-corrected chi connectivity index (χ2v) is 4.86. The van der Waals surface area contributed by atoms with E-state index in [2.05, 4.69) is 9.69 Å². The van der Waals surface area contributed by atoms with Crippen LogP contribution < -0.4 is 10.2 Å². The number of amides is 2. The van der Waals surface area contributed by atoms with Crippen molar-refractivity contribution in [3.63, 3.8) is 0 Å². The van der Waals surface area contributed by atoms with Gasteiger partial charge in [-0.1, -0.05) is 18.2 Å². The summed E-state index contributed by atoms with van der Waals surface area (Å²) in [5, 5.41) is 12.2. The van der Waals surface area contributed by atoms with Gasteiger partial charge in [0.25, 0.3) is 0 Å². The number of rotatable bonds is 3. The summed E-state index contributed by atoms with van der Waals surface area (Å²) in [5.41, 5.74) is 1.10. The van der Waals surface area contributed by atoms with Crippen molar-refractivity contribution < 1.29 is 14.7 Å². The van der Waals surface area contributed by atoms with Gasteiger partial charge < -0.3 is 10.4 Å². The Hall–Kier alpha value is -2.41. The number of carboxylic acids is 1. The first kappa shape index (κ1) is 14.0. The fourth-order valence-corrected chi connectivity index (χ4v) is 2.50. The van der Waals surface area contributed by atoms with Crippen molar-refractivity contribution in [2.75, 3.05) is 17.3 Å². The molecular formula is C13H13N3O3S. The molecule has 2 aromatic rings. The minimum Gasteiger partial charge on any atom is -0.478 e. The Labute approximate surface area is 119 Å². The molecule has 104 valence electrons. The molecule has 0 saturated carbocycles. The monoisotopic (exact) mass is 291 g/mol. The molecule has 1 aromatic heterocycles. The minimum absolute atomic E-state index is 0.0562. The van der Waals surface area contributed by atoms with Crippen molar-refractivity contribution in [3.05, 3.63) is 41.6 Å². The number of carbonyl (C=O) groups is 2. The first-order chi connectivity index (χ1) is 9.50. The summed E-state index contributed by atoms with van der Waals surface area (Å²) in [7, 11) is 1.51. The molecule has 1 aromatic carbocycles. The van der Waals surface area contributed by atoms with Gasteiger partial charge >= 0.3 is 12.0 Å². The zero-order valence-electron chi connectivity index (χ0n) is 11.0. The molecular weight excluding hydrogens is 278 g/mol. The highest BCUT2D eigenvalue weighted by molar-refractivity contribution is 7.11. The lowest BCUT2D eigenvalue weighted by Gasteiger charge is -2.16. The average Bonchev–Trinajstić information content (AvgIpc) is 2.81. The van der Waals surface area contributed by atoms with Crippen molar-refractivity contribution in [3.8, 4) is 0 Å². The van der Waals surface area contributed by atoms with Gasteiger partial charge in [0.2, 0.25) is 0 Å². The van der Waals surface area contributed by atoms with Crippen LogP contribution in [0.4, 0.5) is 15.5 Å². The van der Waals surface area contributed by atoms with Crippen molar-refractivity contribution in [1.29, 1.82) is 0 Å². The molecule has 0 atom stereocenters. The Morgan fingerprint density at radius 2 is 1.95 bits per heavy atom. The zero-order valence-corrected chi connectivity index (χ0v) is 11.8. The Morgan fingerprint density at radius 1 is 1.30 bits per heavy atom. The van der Waals surface area contributed by atoms with Crippen LogP contribution in [0.25, 0.3) is 0 Å². The highest BCUT2D eigenvalue weighted by Crippen LogP contribution is 2.28. The van der Waals surface area contributed by atoms with E-state index >= 15 is 0 Å². The Kier molecular flexibility index (Phi) is 3.99. The molecule has 0 aliphatic rings. The molecule has 0 fully saturated rings.